The average Bonchev–Trinajstić information content (AvgIpc) is 3.18. The van der Waals surface area contributed by atoms with Crippen LogP contribution < -0.4 is 18.9 Å². The molecule has 0 radical (unpaired) electrons. The van der Waals surface area contributed by atoms with E-state index in [1.165, 1.54) is 21.3 Å². The van der Waals surface area contributed by atoms with E-state index in [0.717, 1.165) is 16.3 Å². The van der Waals surface area contributed by atoms with E-state index in [4.69, 9.17) is 23.7 Å². The average molecular weight is 419 g/mol. The summed E-state index contributed by atoms with van der Waals surface area (Å²) in [5, 5.41) is 1.97. The van der Waals surface area contributed by atoms with Gasteiger partial charge in [-0.2, -0.15) is 0 Å². The summed E-state index contributed by atoms with van der Waals surface area (Å²) < 4.78 is 27.0. The number of fused-ring (bicyclic) bond motifs is 1. The first-order chi connectivity index (χ1) is 15.1. The molecule has 1 heterocycles. The predicted octanol–water partition coefficient (Wildman–Crippen LogP) is 4.22. The zero-order valence-electron chi connectivity index (χ0n) is 17.6. The van der Waals surface area contributed by atoms with Crippen LogP contribution in [0.3, 0.4) is 0 Å². The summed E-state index contributed by atoms with van der Waals surface area (Å²) >= 11 is 0. The monoisotopic (exact) mass is 419 g/mol. The molecule has 0 bridgehead atoms. The standard InChI is InChI=1S/C24H21NO6/c1-27-19-10-9-14-7-5-6-8-16(14)17(19)13-18-24(26)31-23(25-18)15-11-20(28-2)22(30-4)21(12-15)29-3/h5-13H,1-4H3/b18-13+. The number of cyclic esters (lactones) is 1. The number of carbonyl (C=O) groups excluding carboxylic acids is 1. The highest BCUT2D eigenvalue weighted by Crippen LogP contribution is 2.39. The minimum absolute atomic E-state index is 0.148. The Kier molecular flexibility index (Phi) is 5.49. The minimum Gasteiger partial charge on any atom is -0.496 e. The number of carbonyl (C=O) groups is 1. The number of hydrogen-bond donors (Lipinski definition) is 0. The molecule has 0 fully saturated rings. The molecule has 0 spiro atoms. The Morgan fingerprint density at radius 3 is 2.16 bits per heavy atom. The van der Waals surface area contributed by atoms with Crippen LogP contribution in [0.15, 0.2) is 59.2 Å². The van der Waals surface area contributed by atoms with Crippen molar-refractivity contribution in [1.82, 2.24) is 0 Å². The minimum atomic E-state index is -0.557. The highest BCUT2D eigenvalue weighted by molar-refractivity contribution is 6.14. The molecule has 0 aliphatic carbocycles. The molecular formula is C24H21NO6. The van der Waals surface area contributed by atoms with Gasteiger partial charge in [0.1, 0.15) is 5.75 Å². The van der Waals surface area contributed by atoms with Crippen molar-refractivity contribution in [3.63, 3.8) is 0 Å². The van der Waals surface area contributed by atoms with Crippen molar-refractivity contribution < 1.29 is 28.5 Å². The van der Waals surface area contributed by atoms with Crippen LogP contribution >= 0.6 is 0 Å². The number of rotatable bonds is 6. The highest BCUT2D eigenvalue weighted by atomic mass is 16.6. The van der Waals surface area contributed by atoms with E-state index >= 15 is 0 Å². The molecule has 1 aliphatic rings. The van der Waals surface area contributed by atoms with Gasteiger partial charge in [0.05, 0.1) is 28.4 Å². The zero-order valence-corrected chi connectivity index (χ0v) is 17.6. The van der Waals surface area contributed by atoms with E-state index in [9.17, 15) is 4.79 Å². The number of methoxy groups -OCH3 is 4. The van der Waals surface area contributed by atoms with Crippen molar-refractivity contribution >= 4 is 28.7 Å². The van der Waals surface area contributed by atoms with Crippen LogP contribution in [-0.2, 0) is 9.53 Å². The fourth-order valence-electron chi connectivity index (χ4n) is 3.48. The summed E-state index contributed by atoms with van der Waals surface area (Å²) in [6.07, 6.45) is 1.68. The van der Waals surface area contributed by atoms with Crippen LogP contribution in [0.5, 0.6) is 23.0 Å². The molecule has 7 heteroatoms. The van der Waals surface area contributed by atoms with Gasteiger partial charge < -0.3 is 23.7 Å². The summed E-state index contributed by atoms with van der Waals surface area (Å²) in [6, 6.07) is 15.0. The summed E-state index contributed by atoms with van der Waals surface area (Å²) in [7, 11) is 6.14. The van der Waals surface area contributed by atoms with Gasteiger partial charge in [0, 0.05) is 11.1 Å². The van der Waals surface area contributed by atoms with Gasteiger partial charge in [0.15, 0.2) is 17.2 Å². The molecule has 158 valence electrons. The van der Waals surface area contributed by atoms with E-state index in [1.807, 2.05) is 36.4 Å². The Balaban J connectivity index is 1.82. The van der Waals surface area contributed by atoms with Gasteiger partial charge >= 0.3 is 5.97 Å². The topological polar surface area (TPSA) is 75.6 Å². The summed E-state index contributed by atoms with van der Waals surface area (Å²) in [5.74, 6) is 1.53. The van der Waals surface area contributed by atoms with E-state index in [1.54, 1.807) is 25.3 Å². The molecule has 1 aliphatic heterocycles. The van der Waals surface area contributed by atoms with E-state index in [2.05, 4.69) is 4.99 Å². The van der Waals surface area contributed by atoms with Crippen molar-refractivity contribution in [3.8, 4) is 23.0 Å². The van der Waals surface area contributed by atoms with Crippen molar-refractivity contribution in [2.24, 2.45) is 4.99 Å². The van der Waals surface area contributed by atoms with Crippen LogP contribution in [0.25, 0.3) is 16.8 Å². The molecule has 0 saturated heterocycles. The zero-order chi connectivity index (χ0) is 22.0. The van der Waals surface area contributed by atoms with E-state index in [-0.39, 0.29) is 11.6 Å². The first-order valence-corrected chi connectivity index (χ1v) is 9.48. The first-order valence-electron chi connectivity index (χ1n) is 9.48. The Hall–Kier alpha value is -4.00. The van der Waals surface area contributed by atoms with Crippen LogP contribution in [-0.4, -0.2) is 40.3 Å². The second kappa shape index (κ2) is 8.39. The molecule has 4 rings (SSSR count). The predicted molar refractivity (Wildman–Crippen MR) is 117 cm³/mol. The van der Waals surface area contributed by atoms with Crippen molar-refractivity contribution in [2.75, 3.05) is 28.4 Å². The molecule has 0 atom stereocenters. The molecule has 0 aromatic heterocycles. The van der Waals surface area contributed by atoms with Gasteiger partial charge in [0.2, 0.25) is 11.6 Å². The summed E-state index contributed by atoms with van der Waals surface area (Å²) in [6.45, 7) is 0. The van der Waals surface area contributed by atoms with Crippen molar-refractivity contribution in [1.29, 1.82) is 0 Å². The van der Waals surface area contributed by atoms with Gasteiger partial charge in [-0.15, -0.1) is 0 Å². The van der Waals surface area contributed by atoms with Crippen molar-refractivity contribution in [3.05, 3.63) is 65.4 Å². The Morgan fingerprint density at radius 2 is 1.52 bits per heavy atom. The molecule has 31 heavy (non-hydrogen) atoms. The highest BCUT2D eigenvalue weighted by Gasteiger charge is 2.27. The fourth-order valence-corrected chi connectivity index (χ4v) is 3.48. The normalized spacial score (nSPS) is 14.4. The number of aliphatic imine (C=N–C) groups is 1. The lowest BCUT2D eigenvalue weighted by molar-refractivity contribution is -0.129. The van der Waals surface area contributed by atoms with Crippen LogP contribution in [0.2, 0.25) is 0 Å². The van der Waals surface area contributed by atoms with Gasteiger partial charge in [-0.25, -0.2) is 9.79 Å². The van der Waals surface area contributed by atoms with Crippen molar-refractivity contribution in [2.45, 2.75) is 0 Å². The van der Waals surface area contributed by atoms with Gasteiger partial charge in [-0.05, 0) is 35.0 Å². The number of hydrogen-bond acceptors (Lipinski definition) is 7. The molecule has 0 saturated carbocycles. The lowest BCUT2D eigenvalue weighted by atomic mass is 10.0. The molecule has 0 N–H and O–H groups in total. The molecule has 3 aromatic rings. The maximum atomic E-state index is 12.6. The Bertz CT molecular complexity index is 1200. The summed E-state index contributed by atoms with van der Waals surface area (Å²) in [4.78, 5) is 17.0. The quantitative estimate of drug-likeness (QED) is 0.440. The molecule has 7 nitrogen and oxygen atoms in total. The Labute approximate surface area is 179 Å². The maximum Gasteiger partial charge on any atom is 0.363 e. The largest absolute Gasteiger partial charge is 0.496 e. The number of nitrogens with zero attached hydrogens (tertiary/aromatic N) is 1. The van der Waals surface area contributed by atoms with Crippen LogP contribution in [0, 0.1) is 0 Å². The number of benzene rings is 3. The summed E-state index contributed by atoms with van der Waals surface area (Å²) in [5.41, 5.74) is 1.44. The molecule has 3 aromatic carbocycles. The number of ether oxygens (including phenoxy) is 5. The first kappa shape index (κ1) is 20.3. The van der Waals surface area contributed by atoms with E-state index < -0.39 is 5.97 Å². The fraction of sp³-hybridized carbons (Fsp3) is 0.167. The second-order valence-electron chi connectivity index (χ2n) is 6.65. The Morgan fingerprint density at radius 1 is 0.839 bits per heavy atom. The lowest BCUT2D eigenvalue weighted by Crippen LogP contribution is -2.07. The van der Waals surface area contributed by atoms with Gasteiger partial charge in [0.25, 0.3) is 0 Å². The van der Waals surface area contributed by atoms with Crippen LogP contribution in [0.1, 0.15) is 11.1 Å². The third-order valence-electron chi connectivity index (χ3n) is 4.96. The second-order valence-corrected chi connectivity index (χ2v) is 6.65. The third kappa shape index (κ3) is 3.66. The smallest absolute Gasteiger partial charge is 0.363 e. The maximum absolute atomic E-state index is 12.6. The van der Waals surface area contributed by atoms with Gasteiger partial charge in [-0.1, -0.05) is 30.3 Å². The molecule has 0 unspecified atom stereocenters. The third-order valence-corrected chi connectivity index (χ3v) is 4.96. The molecule has 0 amide bonds. The molecular weight excluding hydrogens is 398 g/mol. The SMILES string of the molecule is COc1cc(C2=N/C(=C/c3c(OC)ccc4ccccc34)C(=O)O2)cc(OC)c1OC. The van der Waals surface area contributed by atoms with E-state index in [0.29, 0.717) is 28.6 Å². The van der Waals surface area contributed by atoms with Crippen LogP contribution in [0.4, 0.5) is 0 Å². The lowest BCUT2D eigenvalue weighted by Gasteiger charge is -2.13. The van der Waals surface area contributed by atoms with Gasteiger partial charge in [-0.3, -0.25) is 0 Å². The number of esters is 1.